The van der Waals surface area contributed by atoms with Gasteiger partial charge < -0.3 is 36.1 Å². The van der Waals surface area contributed by atoms with Crippen LogP contribution in [0, 0.1) is 0 Å². The van der Waals surface area contributed by atoms with E-state index in [1.807, 2.05) is 0 Å². The zero-order chi connectivity index (χ0) is 9.30. The molecule has 1 aliphatic rings. The van der Waals surface area contributed by atoms with E-state index in [9.17, 15) is 4.79 Å². The molecule has 0 bridgehead atoms. The second-order valence-electron chi connectivity index (χ2n) is 2.31. The summed E-state index contributed by atoms with van der Waals surface area (Å²) in [5.74, 6) is -2.78. The van der Waals surface area contributed by atoms with Gasteiger partial charge in [0.2, 0.25) is 5.76 Å². The van der Waals surface area contributed by atoms with Gasteiger partial charge in [-0.25, -0.2) is 4.79 Å². The standard InChI is InChI=1S/C6H8O6.Bi.H2O.O/c7-1-2(8)5-3(9)4(10)6(11)12-5;;;/h2,5,7-10H,1H2;;1H2;/q;+3;;-2/t2-,5+;;;/m0.../s1. The first kappa shape index (κ1) is 20.0. The van der Waals surface area contributed by atoms with E-state index < -0.39 is 36.3 Å². The van der Waals surface area contributed by atoms with Gasteiger partial charge in [-0.05, 0) is 0 Å². The largest absolute Gasteiger partial charge is 3.00 e. The molecule has 0 amide bonds. The normalized spacial score (nSPS) is 20.7. The summed E-state index contributed by atoms with van der Waals surface area (Å²) in [6.07, 6.45) is -2.78. The molecule has 0 aromatic carbocycles. The number of cyclic esters (lactones) is 1. The van der Waals surface area contributed by atoms with Crippen molar-refractivity contribution in [2.45, 2.75) is 12.2 Å². The molecular weight excluding hydrogens is 409 g/mol. The summed E-state index contributed by atoms with van der Waals surface area (Å²) in [5.41, 5.74) is 0. The van der Waals surface area contributed by atoms with Gasteiger partial charge in [-0.3, -0.25) is 0 Å². The maximum Gasteiger partial charge on any atom is 3.00 e. The molecule has 0 saturated carbocycles. The molecule has 9 heteroatoms. The smallest absolute Gasteiger partial charge is 2.00 e. The Morgan fingerprint density at radius 3 is 2.13 bits per heavy atom. The van der Waals surface area contributed by atoms with Crippen molar-refractivity contribution in [3.8, 4) is 0 Å². The molecule has 1 heterocycles. The van der Waals surface area contributed by atoms with Crippen LogP contribution in [0.2, 0.25) is 0 Å². The number of ether oxygens (including phenoxy) is 1. The number of hydrogen-bond acceptors (Lipinski definition) is 6. The van der Waals surface area contributed by atoms with Crippen molar-refractivity contribution in [2.75, 3.05) is 6.61 Å². The summed E-state index contributed by atoms with van der Waals surface area (Å²) >= 11 is 0. The van der Waals surface area contributed by atoms with Crippen LogP contribution in [0.5, 0.6) is 0 Å². The van der Waals surface area contributed by atoms with Crippen molar-refractivity contribution in [1.82, 2.24) is 0 Å². The Balaban J connectivity index is -0.000000480. The van der Waals surface area contributed by atoms with Crippen LogP contribution in [0.4, 0.5) is 0 Å². The van der Waals surface area contributed by atoms with E-state index in [4.69, 9.17) is 20.4 Å². The van der Waals surface area contributed by atoms with Crippen molar-refractivity contribution in [3.05, 3.63) is 11.5 Å². The van der Waals surface area contributed by atoms with E-state index in [0.29, 0.717) is 0 Å². The molecule has 15 heavy (non-hydrogen) atoms. The van der Waals surface area contributed by atoms with Crippen molar-refractivity contribution in [1.29, 1.82) is 0 Å². The topological polar surface area (TPSA) is 167 Å². The minimum atomic E-state index is -1.42. The predicted molar refractivity (Wildman–Crippen MR) is 45.3 cm³/mol. The van der Waals surface area contributed by atoms with Gasteiger partial charge in [-0.1, -0.05) is 0 Å². The Hall–Kier alpha value is -0.467. The maximum atomic E-state index is 10.5. The summed E-state index contributed by atoms with van der Waals surface area (Å²) < 4.78 is 4.32. The van der Waals surface area contributed by atoms with E-state index in [2.05, 4.69) is 4.74 Å². The third kappa shape index (κ3) is 3.88. The second-order valence-corrected chi connectivity index (χ2v) is 2.31. The molecule has 0 spiro atoms. The van der Waals surface area contributed by atoms with Gasteiger partial charge in [0.25, 0.3) is 0 Å². The molecule has 2 atom stereocenters. The fraction of sp³-hybridized carbons (Fsp3) is 0.500. The van der Waals surface area contributed by atoms with Gasteiger partial charge >= 0.3 is 32.2 Å². The number of carbonyl (C=O) groups is 1. The van der Waals surface area contributed by atoms with Gasteiger partial charge in [0, 0.05) is 0 Å². The van der Waals surface area contributed by atoms with Gasteiger partial charge in [-0.15, -0.1) is 0 Å². The average Bonchev–Trinajstić information content (AvgIpc) is 2.32. The van der Waals surface area contributed by atoms with Crippen molar-refractivity contribution >= 4 is 32.2 Å². The SMILES string of the molecule is O.O=C1O[C@H]([C@@H](O)CO)C(O)=C1O.[Bi+3].[O-2]. The van der Waals surface area contributed by atoms with Gasteiger partial charge in [-0.2, -0.15) is 0 Å². The predicted octanol–water partition coefficient (Wildman–Crippen LogP) is -2.73. The Morgan fingerprint density at radius 1 is 1.40 bits per heavy atom. The number of rotatable bonds is 2. The zero-order valence-electron chi connectivity index (χ0n) is 7.32. The molecule has 0 fully saturated rings. The Labute approximate surface area is 104 Å². The zero-order valence-corrected chi connectivity index (χ0v) is 10.8. The van der Waals surface area contributed by atoms with Crippen molar-refractivity contribution < 1.29 is 40.9 Å². The fourth-order valence-electron chi connectivity index (χ4n) is 0.823. The quantitative estimate of drug-likeness (QED) is 0.280. The third-order valence-corrected chi connectivity index (χ3v) is 1.48. The monoisotopic (exact) mass is 419 g/mol. The second kappa shape index (κ2) is 7.78. The van der Waals surface area contributed by atoms with Crippen molar-refractivity contribution in [2.24, 2.45) is 0 Å². The summed E-state index contributed by atoms with van der Waals surface area (Å²) in [6, 6.07) is 0. The number of aliphatic hydroxyl groups is 4. The van der Waals surface area contributed by atoms with Gasteiger partial charge in [0.05, 0.1) is 6.61 Å². The minimum absolute atomic E-state index is 0. The molecule has 0 aromatic heterocycles. The number of esters is 1. The minimum Gasteiger partial charge on any atom is -2.00 e. The molecule has 8 nitrogen and oxygen atoms in total. The summed E-state index contributed by atoms with van der Waals surface area (Å²) in [6.45, 7) is -0.671. The molecular formula is C6H10BiO8+. The molecule has 0 unspecified atom stereocenters. The van der Waals surface area contributed by atoms with Gasteiger partial charge in [0.15, 0.2) is 11.9 Å². The molecule has 1 aliphatic heterocycles. The summed E-state index contributed by atoms with van der Waals surface area (Å²) in [5, 5.41) is 35.0. The van der Waals surface area contributed by atoms with Gasteiger partial charge in [0.1, 0.15) is 6.10 Å². The molecule has 1 rings (SSSR count). The Morgan fingerprint density at radius 2 is 1.87 bits per heavy atom. The number of carbonyl (C=O) groups excluding carboxylic acids is 1. The average molecular weight is 419 g/mol. The Kier molecular flexibility index (Phi) is 10.4. The number of aliphatic hydroxyl groups excluding tert-OH is 4. The van der Waals surface area contributed by atoms with E-state index in [-0.39, 0.29) is 37.2 Å². The van der Waals surface area contributed by atoms with E-state index in [0.717, 1.165) is 0 Å². The van der Waals surface area contributed by atoms with Crippen LogP contribution in [0.15, 0.2) is 11.5 Å². The Bertz CT molecular complexity index is 239. The summed E-state index contributed by atoms with van der Waals surface area (Å²) in [4.78, 5) is 10.5. The van der Waals surface area contributed by atoms with Crippen LogP contribution in [0.3, 0.4) is 0 Å². The first-order valence-electron chi connectivity index (χ1n) is 3.20. The first-order chi connectivity index (χ1) is 5.57. The molecule has 0 aromatic rings. The van der Waals surface area contributed by atoms with Crippen LogP contribution in [-0.2, 0) is 15.0 Å². The van der Waals surface area contributed by atoms with Crippen LogP contribution in [0.25, 0.3) is 0 Å². The third-order valence-electron chi connectivity index (χ3n) is 1.48. The molecule has 2 radical (unpaired) electrons. The van der Waals surface area contributed by atoms with Crippen LogP contribution in [0.1, 0.15) is 0 Å². The summed E-state index contributed by atoms with van der Waals surface area (Å²) in [7, 11) is 0. The fourth-order valence-corrected chi connectivity index (χ4v) is 0.823. The van der Waals surface area contributed by atoms with Crippen LogP contribution < -0.4 is 0 Å². The van der Waals surface area contributed by atoms with E-state index in [1.165, 1.54) is 0 Å². The molecule has 6 N–H and O–H groups in total. The maximum absolute atomic E-state index is 10.5. The molecule has 0 saturated heterocycles. The van der Waals surface area contributed by atoms with Crippen LogP contribution >= 0.6 is 0 Å². The molecule has 86 valence electrons. The van der Waals surface area contributed by atoms with E-state index in [1.54, 1.807) is 0 Å². The van der Waals surface area contributed by atoms with Crippen molar-refractivity contribution in [3.63, 3.8) is 0 Å². The number of hydrogen-bond donors (Lipinski definition) is 4. The molecule has 0 aliphatic carbocycles. The first-order valence-corrected chi connectivity index (χ1v) is 3.20. The van der Waals surface area contributed by atoms with Crippen LogP contribution in [-0.4, -0.2) is 76.9 Å². The van der Waals surface area contributed by atoms with E-state index >= 15 is 0 Å².